The topological polar surface area (TPSA) is 86.1 Å². The van der Waals surface area contributed by atoms with Crippen LogP contribution in [0.25, 0.3) is 0 Å². The number of carbonyl (C=O) groups excluding carboxylic acids is 2. The molecule has 0 bridgehead atoms. The minimum atomic E-state index is -4.56. The number of aromatic nitrogens is 3. The minimum Gasteiger partial charge on any atom is -0.462 e. The predicted octanol–water partition coefficient (Wildman–Crippen LogP) is 3.92. The van der Waals surface area contributed by atoms with Crippen molar-refractivity contribution in [2.75, 3.05) is 11.9 Å². The van der Waals surface area contributed by atoms with Crippen LogP contribution in [0.4, 0.5) is 18.3 Å². The number of anilines is 1. The van der Waals surface area contributed by atoms with Crippen LogP contribution in [0, 0.1) is 6.92 Å². The summed E-state index contributed by atoms with van der Waals surface area (Å²) in [6, 6.07) is -0.909. The van der Waals surface area contributed by atoms with Crippen molar-refractivity contribution < 1.29 is 27.5 Å². The molecule has 1 aliphatic carbocycles. The SMILES string of the molecule is CCOC(=O)c1sc(NC(=O)[C@@H](CC)n2nc(C(F)(F)F)c3c2CCC3)nc1C. The molecule has 1 amide bonds. The number of ether oxygens (including phenoxy) is 1. The van der Waals surface area contributed by atoms with E-state index >= 15 is 0 Å². The maximum atomic E-state index is 13.3. The summed E-state index contributed by atoms with van der Waals surface area (Å²) in [5, 5.41) is 6.55. The standard InChI is InChI=1S/C18H21F3N4O3S/c1-4-11(25-12-8-6-7-10(12)14(24-25)18(19,20)21)15(26)23-17-22-9(3)13(29-17)16(27)28-5-2/h11H,4-8H2,1-3H3,(H,22,23,26)/t11-/m1/s1. The fraction of sp³-hybridized carbons (Fsp3) is 0.556. The van der Waals surface area contributed by atoms with Gasteiger partial charge in [-0.15, -0.1) is 0 Å². The van der Waals surface area contributed by atoms with Gasteiger partial charge in [0.2, 0.25) is 0 Å². The first-order valence-corrected chi connectivity index (χ1v) is 10.1. The number of carbonyl (C=O) groups is 2. The molecule has 3 rings (SSSR count). The largest absolute Gasteiger partial charge is 0.462 e. The fourth-order valence-electron chi connectivity index (χ4n) is 3.44. The number of rotatable bonds is 6. The normalized spacial score (nSPS) is 14.6. The van der Waals surface area contributed by atoms with Gasteiger partial charge < -0.3 is 10.1 Å². The molecule has 1 N–H and O–H groups in total. The van der Waals surface area contributed by atoms with E-state index in [4.69, 9.17) is 4.74 Å². The van der Waals surface area contributed by atoms with Crippen molar-refractivity contribution in [1.29, 1.82) is 0 Å². The molecule has 0 unspecified atom stereocenters. The van der Waals surface area contributed by atoms with Crippen molar-refractivity contribution in [2.24, 2.45) is 0 Å². The van der Waals surface area contributed by atoms with E-state index in [1.807, 2.05) is 0 Å². The zero-order valence-corrected chi connectivity index (χ0v) is 17.0. The van der Waals surface area contributed by atoms with Gasteiger partial charge in [0.15, 0.2) is 10.8 Å². The Labute approximate surface area is 169 Å². The maximum Gasteiger partial charge on any atom is 0.435 e. The predicted molar refractivity (Wildman–Crippen MR) is 100 cm³/mol. The molecule has 2 aromatic rings. The summed E-state index contributed by atoms with van der Waals surface area (Å²) in [6.07, 6.45) is -2.95. The van der Waals surface area contributed by atoms with Gasteiger partial charge >= 0.3 is 12.1 Å². The van der Waals surface area contributed by atoms with E-state index in [2.05, 4.69) is 15.4 Å². The van der Waals surface area contributed by atoms with Gasteiger partial charge in [-0.25, -0.2) is 9.78 Å². The zero-order chi connectivity index (χ0) is 21.3. The highest BCUT2D eigenvalue weighted by Crippen LogP contribution is 2.38. The van der Waals surface area contributed by atoms with Gasteiger partial charge in [-0.3, -0.25) is 9.48 Å². The Morgan fingerprint density at radius 2 is 2.03 bits per heavy atom. The molecule has 0 aliphatic heterocycles. The second-order valence-corrected chi connectivity index (χ2v) is 7.64. The third-order valence-corrected chi connectivity index (χ3v) is 5.75. The van der Waals surface area contributed by atoms with Crippen LogP contribution in [-0.2, 0) is 28.5 Å². The van der Waals surface area contributed by atoms with E-state index in [-0.39, 0.29) is 28.6 Å². The van der Waals surface area contributed by atoms with E-state index in [1.165, 1.54) is 4.68 Å². The molecule has 0 saturated carbocycles. The van der Waals surface area contributed by atoms with Gasteiger partial charge in [0, 0.05) is 11.3 Å². The Kier molecular flexibility index (Phi) is 5.97. The zero-order valence-electron chi connectivity index (χ0n) is 16.2. The van der Waals surface area contributed by atoms with Gasteiger partial charge in [0.05, 0.1) is 12.3 Å². The molecule has 1 aliphatic rings. The number of hydrogen-bond acceptors (Lipinski definition) is 6. The van der Waals surface area contributed by atoms with Crippen molar-refractivity contribution in [2.45, 2.75) is 58.7 Å². The van der Waals surface area contributed by atoms with Crippen molar-refractivity contribution in [3.8, 4) is 0 Å². The molecular formula is C18H21F3N4O3S. The fourth-order valence-corrected chi connectivity index (χ4v) is 4.31. The first kappa shape index (κ1) is 21.3. The average Bonchev–Trinajstić information content (AvgIpc) is 3.31. The van der Waals surface area contributed by atoms with Crippen molar-refractivity contribution in [3.63, 3.8) is 0 Å². The maximum absolute atomic E-state index is 13.3. The summed E-state index contributed by atoms with van der Waals surface area (Å²) < 4.78 is 46.1. The van der Waals surface area contributed by atoms with Crippen LogP contribution < -0.4 is 5.32 Å². The number of alkyl halides is 3. The van der Waals surface area contributed by atoms with Gasteiger partial charge in [0.1, 0.15) is 10.9 Å². The number of amides is 1. The van der Waals surface area contributed by atoms with Crippen LogP contribution in [0.2, 0.25) is 0 Å². The number of fused-ring (bicyclic) bond motifs is 1. The summed E-state index contributed by atoms with van der Waals surface area (Å²) in [6.45, 7) is 5.21. The van der Waals surface area contributed by atoms with E-state index in [1.54, 1.807) is 20.8 Å². The summed E-state index contributed by atoms with van der Waals surface area (Å²) >= 11 is 0.967. The van der Waals surface area contributed by atoms with E-state index in [9.17, 15) is 22.8 Å². The molecule has 158 valence electrons. The van der Waals surface area contributed by atoms with Crippen LogP contribution in [0.15, 0.2) is 0 Å². The van der Waals surface area contributed by atoms with Crippen molar-refractivity contribution in [1.82, 2.24) is 14.8 Å². The van der Waals surface area contributed by atoms with Gasteiger partial charge in [-0.1, -0.05) is 18.3 Å². The number of hydrogen-bond donors (Lipinski definition) is 1. The van der Waals surface area contributed by atoms with E-state index in [0.29, 0.717) is 30.7 Å². The lowest BCUT2D eigenvalue weighted by molar-refractivity contribution is -0.142. The quantitative estimate of drug-likeness (QED) is 0.702. The lowest BCUT2D eigenvalue weighted by Crippen LogP contribution is -2.27. The van der Waals surface area contributed by atoms with Crippen LogP contribution >= 0.6 is 11.3 Å². The first-order valence-electron chi connectivity index (χ1n) is 9.30. The highest BCUT2D eigenvalue weighted by atomic mass is 32.1. The second-order valence-electron chi connectivity index (χ2n) is 6.64. The third kappa shape index (κ3) is 4.14. The Balaban J connectivity index is 1.86. The molecule has 0 spiro atoms. The Morgan fingerprint density at radius 3 is 2.66 bits per heavy atom. The second kappa shape index (κ2) is 8.13. The lowest BCUT2D eigenvalue weighted by Gasteiger charge is -2.17. The summed E-state index contributed by atoms with van der Waals surface area (Å²) in [5.74, 6) is -1.06. The molecule has 1 atom stereocenters. The summed E-state index contributed by atoms with van der Waals surface area (Å²) in [5.41, 5.74) is 0.141. The van der Waals surface area contributed by atoms with Crippen LogP contribution in [0.3, 0.4) is 0 Å². The first-order chi connectivity index (χ1) is 13.7. The number of esters is 1. The monoisotopic (exact) mass is 430 g/mol. The van der Waals surface area contributed by atoms with Crippen molar-refractivity contribution >= 4 is 28.3 Å². The molecule has 7 nitrogen and oxygen atoms in total. The Bertz CT molecular complexity index is 936. The molecule has 0 saturated heterocycles. The number of thiazole rings is 1. The highest BCUT2D eigenvalue weighted by molar-refractivity contribution is 7.17. The van der Waals surface area contributed by atoms with Crippen LogP contribution in [-0.4, -0.2) is 33.2 Å². The Hall–Kier alpha value is -2.43. The molecule has 2 aromatic heterocycles. The van der Waals surface area contributed by atoms with Crippen LogP contribution in [0.1, 0.15) is 65.0 Å². The van der Waals surface area contributed by atoms with E-state index < -0.39 is 29.8 Å². The molecule has 2 heterocycles. The molecule has 11 heteroatoms. The number of nitrogens with one attached hydrogen (secondary N) is 1. The van der Waals surface area contributed by atoms with Gasteiger partial charge in [0.25, 0.3) is 5.91 Å². The molecular weight excluding hydrogens is 409 g/mol. The van der Waals surface area contributed by atoms with E-state index in [0.717, 1.165) is 11.3 Å². The molecule has 0 radical (unpaired) electrons. The molecule has 0 fully saturated rings. The molecule has 0 aromatic carbocycles. The highest BCUT2D eigenvalue weighted by Gasteiger charge is 2.41. The number of halogens is 3. The van der Waals surface area contributed by atoms with Crippen LogP contribution in [0.5, 0.6) is 0 Å². The van der Waals surface area contributed by atoms with Gasteiger partial charge in [-0.2, -0.15) is 18.3 Å². The lowest BCUT2D eigenvalue weighted by atomic mass is 10.2. The summed E-state index contributed by atoms with van der Waals surface area (Å²) in [4.78, 5) is 29.2. The smallest absolute Gasteiger partial charge is 0.435 e. The number of aryl methyl sites for hydroxylation is 1. The van der Waals surface area contributed by atoms with Crippen molar-refractivity contribution in [3.05, 3.63) is 27.5 Å². The number of nitrogens with zero attached hydrogens (tertiary/aromatic N) is 3. The summed E-state index contributed by atoms with van der Waals surface area (Å²) in [7, 11) is 0. The van der Waals surface area contributed by atoms with Gasteiger partial charge in [-0.05, 0) is 39.5 Å². The minimum absolute atomic E-state index is 0.179. The Morgan fingerprint density at radius 1 is 1.31 bits per heavy atom. The molecule has 29 heavy (non-hydrogen) atoms. The third-order valence-electron chi connectivity index (χ3n) is 4.70. The average molecular weight is 430 g/mol.